The molecule has 1 unspecified atom stereocenters. The number of benzene rings is 1. The van der Waals surface area contributed by atoms with Crippen molar-refractivity contribution in [3.8, 4) is 0 Å². The SMILES string of the molecule is COC(C)CNS(=O)(=O)c1ccccc1CNC1CC1. The molecule has 1 aliphatic carbocycles. The lowest BCUT2D eigenvalue weighted by atomic mass is 10.2. The third-order valence-electron chi connectivity index (χ3n) is 3.38. The molecule has 6 heteroatoms. The van der Waals surface area contributed by atoms with Gasteiger partial charge in [0.05, 0.1) is 11.0 Å². The fraction of sp³-hybridized carbons (Fsp3) is 0.571. The number of nitrogens with one attached hydrogen (secondary N) is 2. The summed E-state index contributed by atoms with van der Waals surface area (Å²) in [4.78, 5) is 0.344. The molecule has 0 amide bonds. The molecule has 1 atom stereocenters. The lowest BCUT2D eigenvalue weighted by molar-refractivity contribution is 0.122. The van der Waals surface area contributed by atoms with Crippen LogP contribution in [0.5, 0.6) is 0 Å². The number of rotatable bonds is 8. The average molecular weight is 298 g/mol. The summed E-state index contributed by atoms with van der Waals surface area (Å²) in [7, 11) is -1.93. The van der Waals surface area contributed by atoms with Gasteiger partial charge in [0.15, 0.2) is 0 Å². The third kappa shape index (κ3) is 4.28. The van der Waals surface area contributed by atoms with Gasteiger partial charge < -0.3 is 10.1 Å². The molecule has 1 saturated carbocycles. The predicted octanol–water partition coefficient (Wildman–Crippen LogP) is 1.25. The van der Waals surface area contributed by atoms with Crippen LogP contribution in [0.2, 0.25) is 0 Å². The Kier molecular flexibility index (Phi) is 5.15. The zero-order valence-electron chi connectivity index (χ0n) is 11.9. The first-order valence-electron chi connectivity index (χ1n) is 6.86. The molecule has 1 aromatic carbocycles. The van der Waals surface area contributed by atoms with E-state index >= 15 is 0 Å². The molecular formula is C14H22N2O3S. The molecule has 1 aromatic rings. The molecule has 0 aromatic heterocycles. The highest BCUT2D eigenvalue weighted by atomic mass is 32.2. The zero-order chi connectivity index (χ0) is 14.6. The van der Waals surface area contributed by atoms with E-state index in [9.17, 15) is 8.42 Å². The van der Waals surface area contributed by atoms with Crippen LogP contribution in [-0.2, 0) is 21.3 Å². The number of hydrogen-bond acceptors (Lipinski definition) is 4. The van der Waals surface area contributed by atoms with E-state index < -0.39 is 10.0 Å². The van der Waals surface area contributed by atoms with Crippen LogP contribution in [0.25, 0.3) is 0 Å². The molecule has 5 nitrogen and oxygen atoms in total. The lowest BCUT2D eigenvalue weighted by Crippen LogP contribution is -2.32. The van der Waals surface area contributed by atoms with Gasteiger partial charge in [-0.15, -0.1) is 0 Å². The van der Waals surface area contributed by atoms with Gasteiger partial charge in [0.1, 0.15) is 0 Å². The Morgan fingerprint density at radius 2 is 2.05 bits per heavy atom. The molecule has 0 heterocycles. The number of hydrogen-bond donors (Lipinski definition) is 2. The molecule has 0 spiro atoms. The van der Waals surface area contributed by atoms with Gasteiger partial charge in [0.2, 0.25) is 10.0 Å². The van der Waals surface area contributed by atoms with Crippen LogP contribution in [0.1, 0.15) is 25.3 Å². The van der Waals surface area contributed by atoms with E-state index in [-0.39, 0.29) is 12.6 Å². The minimum Gasteiger partial charge on any atom is -0.380 e. The van der Waals surface area contributed by atoms with Crippen molar-refractivity contribution in [2.45, 2.75) is 43.4 Å². The Balaban J connectivity index is 2.08. The van der Waals surface area contributed by atoms with Crippen LogP contribution in [0, 0.1) is 0 Å². The molecule has 0 radical (unpaired) electrons. The van der Waals surface area contributed by atoms with Gasteiger partial charge in [-0.2, -0.15) is 0 Å². The maximum atomic E-state index is 12.3. The van der Waals surface area contributed by atoms with Crippen molar-refractivity contribution < 1.29 is 13.2 Å². The highest BCUT2D eigenvalue weighted by molar-refractivity contribution is 7.89. The molecule has 20 heavy (non-hydrogen) atoms. The third-order valence-corrected chi connectivity index (χ3v) is 4.91. The monoisotopic (exact) mass is 298 g/mol. The van der Waals surface area contributed by atoms with Gasteiger partial charge in [0, 0.05) is 26.2 Å². The highest BCUT2D eigenvalue weighted by Crippen LogP contribution is 2.21. The fourth-order valence-corrected chi connectivity index (χ4v) is 3.19. The van der Waals surface area contributed by atoms with Gasteiger partial charge in [0.25, 0.3) is 0 Å². The van der Waals surface area contributed by atoms with Crippen molar-refractivity contribution in [1.29, 1.82) is 0 Å². The van der Waals surface area contributed by atoms with E-state index in [1.165, 1.54) is 12.8 Å². The maximum Gasteiger partial charge on any atom is 0.240 e. The summed E-state index contributed by atoms with van der Waals surface area (Å²) in [6.45, 7) is 2.67. The molecule has 0 saturated heterocycles. The first-order chi connectivity index (χ1) is 9.53. The lowest BCUT2D eigenvalue weighted by Gasteiger charge is -2.14. The minimum absolute atomic E-state index is 0.151. The Morgan fingerprint density at radius 1 is 1.35 bits per heavy atom. The Hall–Kier alpha value is -0.950. The minimum atomic E-state index is -3.49. The number of ether oxygens (including phenoxy) is 1. The summed E-state index contributed by atoms with van der Waals surface area (Å²) in [5, 5.41) is 3.34. The zero-order valence-corrected chi connectivity index (χ0v) is 12.7. The Labute approximate surface area is 120 Å². The van der Waals surface area contributed by atoms with Crippen molar-refractivity contribution in [3.63, 3.8) is 0 Å². The second-order valence-electron chi connectivity index (χ2n) is 5.16. The predicted molar refractivity (Wildman–Crippen MR) is 78.0 cm³/mol. The van der Waals surface area contributed by atoms with Crippen molar-refractivity contribution in [3.05, 3.63) is 29.8 Å². The van der Waals surface area contributed by atoms with Crippen LogP contribution < -0.4 is 10.0 Å². The molecule has 112 valence electrons. The summed E-state index contributed by atoms with van der Waals surface area (Å²) in [5.41, 5.74) is 0.803. The molecule has 2 rings (SSSR count). The van der Waals surface area contributed by atoms with Crippen molar-refractivity contribution in [2.24, 2.45) is 0 Å². The number of sulfonamides is 1. The van der Waals surface area contributed by atoms with Crippen molar-refractivity contribution in [2.75, 3.05) is 13.7 Å². The van der Waals surface area contributed by atoms with Crippen molar-refractivity contribution >= 4 is 10.0 Å². The summed E-state index contributed by atoms with van der Waals surface area (Å²) in [6, 6.07) is 7.65. The Morgan fingerprint density at radius 3 is 2.70 bits per heavy atom. The Bertz CT molecular complexity index is 541. The summed E-state index contributed by atoms with van der Waals surface area (Å²) in [5.74, 6) is 0. The van der Waals surface area contributed by atoms with E-state index in [0.29, 0.717) is 17.5 Å². The summed E-state index contributed by atoms with van der Waals surface area (Å²) < 4.78 is 32.3. The van der Waals surface area contributed by atoms with E-state index in [0.717, 1.165) is 5.56 Å². The van der Waals surface area contributed by atoms with Gasteiger partial charge in [-0.25, -0.2) is 13.1 Å². The first kappa shape index (κ1) is 15.4. The summed E-state index contributed by atoms with van der Waals surface area (Å²) >= 11 is 0. The maximum absolute atomic E-state index is 12.3. The van der Waals surface area contributed by atoms with Gasteiger partial charge in [-0.05, 0) is 31.4 Å². The smallest absolute Gasteiger partial charge is 0.240 e. The standard InChI is InChI=1S/C14H22N2O3S/c1-11(19-2)9-16-20(17,18)14-6-4-3-5-12(14)10-15-13-7-8-13/h3-6,11,13,15-16H,7-10H2,1-2H3. The molecule has 0 aliphatic heterocycles. The normalized spacial score (nSPS) is 17.1. The van der Waals surface area contributed by atoms with Crippen LogP contribution >= 0.6 is 0 Å². The van der Waals surface area contributed by atoms with Gasteiger partial charge >= 0.3 is 0 Å². The van der Waals surface area contributed by atoms with Crippen LogP contribution in [-0.4, -0.2) is 34.2 Å². The van der Waals surface area contributed by atoms with Crippen LogP contribution in [0.3, 0.4) is 0 Å². The van der Waals surface area contributed by atoms with E-state index in [4.69, 9.17) is 4.74 Å². The highest BCUT2D eigenvalue weighted by Gasteiger charge is 2.23. The van der Waals surface area contributed by atoms with Gasteiger partial charge in [-0.1, -0.05) is 18.2 Å². The van der Waals surface area contributed by atoms with Crippen LogP contribution in [0.4, 0.5) is 0 Å². The van der Waals surface area contributed by atoms with E-state index in [1.807, 2.05) is 19.1 Å². The average Bonchev–Trinajstić information content (AvgIpc) is 3.27. The largest absolute Gasteiger partial charge is 0.380 e. The summed E-state index contributed by atoms with van der Waals surface area (Å²) in [6.07, 6.45) is 2.21. The molecule has 2 N–H and O–H groups in total. The topological polar surface area (TPSA) is 67.4 Å². The molecule has 0 bridgehead atoms. The second-order valence-corrected chi connectivity index (χ2v) is 6.90. The van der Waals surface area contributed by atoms with E-state index in [1.54, 1.807) is 19.2 Å². The first-order valence-corrected chi connectivity index (χ1v) is 8.35. The fourth-order valence-electron chi connectivity index (χ4n) is 1.84. The van der Waals surface area contributed by atoms with E-state index in [2.05, 4.69) is 10.0 Å². The molecule has 1 fully saturated rings. The molecular weight excluding hydrogens is 276 g/mol. The quantitative estimate of drug-likeness (QED) is 0.758. The van der Waals surface area contributed by atoms with Crippen LogP contribution in [0.15, 0.2) is 29.2 Å². The van der Waals surface area contributed by atoms with Gasteiger partial charge in [-0.3, -0.25) is 0 Å². The molecule has 1 aliphatic rings. The number of methoxy groups -OCH3 is 1. The second kappa shape index (κ2) is 6.67. The van der Waals surface area contributed by atoms with Crippen molar-refractivity contribution in [1.82, 2.24) is 10.0 Å².